The lowest BCUT2D eigenvalue weighted by Gasteiger charge is -2.06. The number of aromatic nitrogens is 5. The van der Waals surface area contributed by atoms with Gasteiger partial charge >= 0.3 is 0 Å². The molecule has 3 aromatic heterocycles. The molecule has 128 valence electrons. The Morgan fingerprint density at radius 2 is 2.04 bits per heavy atom. The van der Waals surface area contributed by atoms with Crippen LogP contribution in [0.4, 0.5) is 0 Å². The summed E-state index contributed by atoms with van der Waals surface area (Å²) in [6.07, 6.45) is 3.64. The molecule has 0 fully saturated rings. The average Bonchev–Trinajstić information content (AvgIpc) is 3.29. The fourth-order valence-electron chi connectivity index (χ4n) is 2.68. The fourth-order valence-corrected chi connectivity index (χ4v) is 3.35. The van der Waals surface area contributed by atoms with E-state index < -0.39 is 0 Å². The predicted molar refractivity (Wildman–Crippen MR) is 101 cm³/mol. The van der Waals surface area contributed by atoms with Crippen LogP contribution in [0, 0.1) is 18.8 Å². The van der Waals surface area contributed by atoms with Crippen molar-refractivity contribution in [2.45, 2.75) is 6.92 Å². The van der Waals surface area contributed by atoms with Crippen LogP contribution in [0.5, 0.6) is 5.75 Å². The predicted octanol–water partition coefficient (Wildman–Crippen LogP) is 3.20. The van der Waals surface area contributed by atoms with Gasteiger partial charge in [-0.25, -0.2) is 19.9 Å². The lowest BCUT2D eigenvalue weighted by Crippen LogP contribution is -1.96. The SMILES string of the molecule is COc1cccc2c(C)nc(C#Cc3cn(C)c(-c4nccs4)n3)nc12. The van der Waals surface area contributed by atoms with Gasteiger partial charge in [-0.05, 0) is 24.8 Å². The van der Waals surface area contributed by atoms with E-state index in [-0.39, 0.29) is 0 Å². The second-order valence-corrected chi connectivity index (χ2v) is 6.53. The zero-order chi connectivity index (χ0) is 18.1. The second-order valence-electron chi connectivity index (χ2n) is 5.64. The van der Waals surface area contributed by atoms with Gasteiger partial charge in [0.25, 0.3) is 0 Å². The molecule has 1 aromatic carbocycles. The number of para-hydroxylation sites is 1. The first-order valence-electron chi connectivity index (χ1n) is 7.92. The Balaban J connectivity index is 1.74. The maximum atomic E-state index is 5.40. The topological polar surface area (TPSA) is 65.7 Å². The summed E-state index contributed by atoms with van der Waals surface area (Å²) in [5.74, 6) is 8.00. The maximum Gasteiger partial charge on any atom is 0.206 e. The summed E-state index contributed by atoms with van der Waals surface area (Å²) in [5.41, 5.74) is 2.28. The van der Waals surface area contributed by atoms with Crippen molar-refractivity contribution in [3.8, 4) is 28.4 Å². The minimum atomic E-state index is 0.445. The Morgan fingerprint density at radius 3 is 2.81 bits per heavy atom. The van der Waals surface area contributed by atoms with Gasteiger partial charge in [-0.2, -0.15) is 0 Å². The maximum absolute atomic E-state index is 5.40. The van der Waals surface area contributed by atoms with Crippen LogP contribution in [0.15, 0.2) is 36.0 Å². The van der Waals surface area contributed by atoms with E-state index in [9.17, 15) is 0 Å². The van der Waals surface area contributed by atoms with Gasteiger partial charge in [-0.3, -0.25) is 0 Å². The molecule has 4 rings (SSSR count). The molecule has 0 amide bonds. The lowest BCUT2D eigenvalue weighted by atomic mass is 10.2. The van der Waals surface area contributed by atoms with Crippen LogP contribution >= 0.6 is 11.3 Å². The van der Waals surface area contributed by atoms with Crippen LogP contribution < -0.4 is 4.74 Å². The molecule has 0 aliphatic carbocycles. The molecule has 6 nitrogen and oxygen atoms in total. The Hall–Kier alpha value is -3.24. The highest BCUT2D eigenvalue weighted by atomic mass is 32.1. The number of nitrogens with zero attached hydrogens (tertiary/aromatic N) is 5. The molecular weight excluding hydrogens is 346 g/mol. The smallest absolute Gasteiger partial charge is 0.206 e. The van der Waals surface area contributed by atoms with Gasteiger partial charge in [-0.1, -0.05) is 12.1 Å². The van der Waals surface area contributed by atoms with Gasteiger partial charge in [0.2, 0.25) is 5.82 Å². The highest BCUT2D eigenvalue weighted by molar-refractivity contribution is 7.13. The Labute approximate surface area is 154 Å². The van der Waals surface area contributed by atoms with Crippen LogP contribution in [0.1, 0.15) is 17.2 Å². The molecule has 0 atom stereocenters. The van der Waals surface area contributed by atoms with Crippen LogP contribution in [-0.2, 0) is 7.05 Å². The molecule has 4 aromatic rings. The van der Waals surface area contributed by atoms with E-state index in [2.05, 4.69) is 31.8 Å². The van der Waals surface area contributed by atoms with Crippen LogP contribution in [0.2, 0.25) is 0 Å². The molecule has 0 aliphatic rings. The number of rotatable bonds is 2. The van der Waals surface area contributed by atoms with E-state index >= 15 is 0 Å². The third kappa shape index (κ3) is 2.91. The van der Waals surface area contributed by atoms with E-state index in [1.165, 1.54) is 0 Å². The molecule has 0 N–H and O–H groups in total. The number of fused-ring (bicyclic) bond motifs is 1. The zero-order valence-electron chi connectivity index (χ0n) is 14.5. The fraction of sp³-hybridized carbons (Fsp3) is 0.158. The standard InChI is InChI=1S/C19H15N5OS/c1-12-14-5-4-6-15(25-3)17(14)23-16(21-12)8-7-13-11-24(2)18(22-13)19-20-9-10-26-19/h4-6,9-11H,1-3H3. The van der Waals surface area contributed by atoms with E-state index in [0.717, 1.165) is 27.4 Å². The highest BCUT2D eigenvalue weighted by Gasteiger charge is 2.10. The van der Waals surface area contributed by atoms with Crippen molar-refractivity contribution < 1.29 is 4.74 Å². The highest BCUT2D eigenvalue weighted by Crippen LogP contribution is 2.25. The van der Waals surface area contributed by atoms with Gasteiger partial charge < -0.3 is 9.30 Å². The molecule has 0 radical (unpaired) electrons. The zero-order valence-corrected chi connectivity index (χ0v) is 15.3. The van der Waals surface area contributed by atoms with Crippen molar-refractivity contribution in [1.82, 2.24) is 24.5 Å². The molecule has 0 saturated heterocycles. The van der Waals surface area contributed by atoms with Crippen LogP contribution in [-0.4, -0.2) is 31.6 Å². The van der Waals surface area contributed by atoms with Crippen molar-refractivity contribution in [2.75, 3.05) is 7.11 Å². The van der Waals surface area contributed by atoms with E-state index in [1.807, 2.05) is 48.3 Å². The number of ether oxygens (including phenoxy) is 1. The number of hydrogen-bond acceptors (Lipinski definition) is 6. The Morgan fingerprint density at radius 1 is 1.15 bits per heavy atom. The van der Waals surface area contributed by atoms with Crippen molar-refractivity contribution in [3.05, 3.63) is 53.2 Å². The molecule has 3 heterocycles. The van der Waals surface area contributed by atoms with E-state index in [4.69, 9.17) is 4.74 Å². The monoisotopic (exact) mass is 361 g/mol. The quantitative estimate of drug-likeness (QED) is 0.513. The minimum Gasteiger partial charge on any atom is -0.494 e. The number of aryl methyl sites for hydroxylation is 2. The normalized spacial score (nSPS) is 10.6. The number of imidazole rings is 1. The summed E-state index contributed by atoms with van der Waals surface area (Å²) < 4.78 is 7.32. The van der Waals surface area contributed by atoms with Crippen molar-refractivity contribution in [3.63, 3.8) is 0 Å². The van der Waals surface area contributed by atoms with Gasteiger partial charge in [-0.15, -0.1) is 11.3 Å². The summed E-state index contributed by atoms with van der Waals surface area (Å²) in [5, 5.41) is 3.75. The van der Waals surface area contributed by atoms with Gasteiger partial charge in [0.05, 0.1) is 7.11 Å². The lowest BCUT2D eigenvalue weighted by molar-refractivity contribution is 0.419. The molecule has 0 aliphatic heterocycles. The summed E-state index contributed by atoms with van der Waals surface area (Å²) in [6.45, 7) is 1.94. The number of methoxy groups -OCH3 is 1. The third-order valence-electron chi connectivity index (χ3n) is 3.90. The summed E-state index contributed by atoms with van der Waals surface area (Å²) >= 11 is 1.54. The largest absolute Gasteiger partial charge is 0.494 e. The third-order valence-corrected chi connectivity index (χ3v) is 4.67. The second kappa shape index (κ2) is 6.58. The van der Waals surface area contributed by atoms with Crippen molar-refractivity contribution in [2.24, 2.45) is 7.05 Å². The van der Waals surface area contributed by atoms with Gasteiger partial charge in [0.15, 0.2) is 10.8 Å². The number of thiazole rings is 1. The molecule has 0 spiro atoms. The number of hydrogen-bond donors (Lipinski definition) is 0. The Kier molecular flexibility index (Phi) is 4.11. The molecule has 7 heteroatoms. The molecule has 0 saturated carbocycles. The first-order valence-corrected chi connectivity index (χ1v) is 8.80. The molecular formula is C19H15N5OS. The average molecular weight is 361 g/mol. The minimum absolute atomic E-state index is 0.445. The summed E-state index contributed by atoms with van der Waals surface area (Å²) in [6, 6.07) is 5.78. The van der Waals surface area contributed by atoms with Gasteiger partial charge in [0, 0.05) is 35.9 Å². The van der Waals surface area contributed by atoms with Crippen LogP contribution in [0.25, 0.3) is 21.7 Å². The van der Waals surface area contributed by atoms with E-state index in [1.54, 1.807) is 24.6 Å². The van der Waals surface area contributed by atoms with Crippen LogP contribution in [0.3, 0.4) is 0 Å². The summed E-state index contributed by atoms with van der Waals surface area (Å²) in [4.78, 5) is 17.9. The van der Waals surface area contributed by atoms with Crippen molar-refractivity contribution >= 4 is 22.2 Å². The van der Waals surface area contributed by atoms with Crippen molar-refractivity contribution in [1.29, 1.82) is 0 Å². The molecule has 26 heavy (non-hydrogen) atoms. The first kappa shape index (κ1) is 16.2. The molecule has 0 bridgehead atoms. The number of benzene rings is 1. The Bertz CT molecular complexity index is 1150. The summed E-state index contributed by atoms with van der Waals surface area (Å²) in [7, 11) is 3.56. The molecule has 0 unspecified atom stereocenters. The van der Waals surface area contributed by atoms with E-state index in [0.29, 0.717) is 17.3 Å². The first-order chi connectivity index (χ1) is 12.7. The van der Waals surface area contributed by atoms with Gasteiger partial charge in [0.1, 0.15) is 17.0 Å².